The average Bonchev–Trinajstić information content (AvgIpc) is 2.95. The molecule has 0 unspecified atom stereocenters. The normalized spacial score (nSPS) is 10.7. The maximum atomic E-state index is 5.58. The van der Waals surface area contributed by atoms with Crippen molar-refractivity contribution in [1.82, 2.24) is 15.2 Å². The van der Waals surface area contributed by atoms with Crippen molar-refractivity contribution in [3.63, 3.8) is 0 Å². The lowest BCUT2D eigenvalue weighted by Crippen LogP contribution is -1.98. The third kappa shape index (κ3) is 3.41. The molecular weight excluding hydrogens is 260 g/mol. The van der Waals surface area contributed by atoms with Gasteiger partial charge in [0.15, 0.2) is 0 Å². The number of aromatic nitrogens is 3. The molecule has 2 heterocycles. The van der Waals surface area contributed by atoms with Crippen LogP contribution < -0.4 is 5.32 Å². The highest BCUT2D eigenvalue weighted by molar-refractivity contribution is 7.11. The molecular formula is C10H13ClN4OS. The SMILES string of the molecule is CCc1cnc(CNc2nnc(CCCl)o2)s1. The third-order valence-electron chi connectivity index (χ3n) is 2.12. The molecule has 0 atom stereocenters. The minimum Gasteiger partial charge on any atom is -0.408 e. The van der Waals surface area contributed by atoms with E-state index in [4.69, 9.17) is 16.0 Å². The fourth-order valence-electron chi connectivity index (χ4n) is 1.25. The number of hydrogen-bond donors (Lipinski definition) is 1. The summed E-state index contributed by atoms with van der Waals surface area (Å²) in [5.41, 5.74) is 0. The molecule has 0 radical (unpaired) electrons. The van der Waals surface area contributed by atoms with Crippen molar-refractivity contribution in [2.75, 3.05) is 11.2 Å². The van der Waals surface area contributed by atoms with E-state index < -0.39 is 0 Å². The summed E-state index contributed by atoms with van der Waals surface area (Å²) in [5.74, 6) is 1.03. The second kappa shape index (κ2) is 5.97. The lowest BCUT2D eigenvalue weighted by molar-refractivity contribution is 0.512. The van der Waals surface area contributed by atoms with Crippen molar-refractivity contribution in [1.29, 1.82) is 0 Å². The van der Waals surface area contributed by atoms with E-state index in [1.165, 1.54) is 4.88 Å². The monoisotopic (exact) mass is 272 g/mol. The number of anilines is 1. The Bertz CT molecular complexity index is 470. The Labute approximate surface area is 108 Å². The van der Waals surface area contributed by atoms with Crippen molar-refractivity contribution in [3.8, 4) is 0 Å². The molecule has 0 saturated carbocycles. The molecule has 5 nitrogen and oxygen atoms in total. The van der Waals surface area contributed by atoms with E-state index in [2.05, 4.69) is 27.4 Å². The molecule has 0 aliphatic rings. The van der Waals surface area contributed by atoms with Crippen LogP contribution in [-0.4, -0.2) is 21.1 Å². The highest BCUT2D eigenvalue weighted by Gasteiger charge is 2.06. The van der Waals surface area contributed by atoms with Gasteiger partial charge in [-0.05, 0) is 6.42 Å². The number of aryl methyl sites for hydroxylation is 2. The molecule has 92 valence electrons. The second-order valence-electron chi connectivity index (χ2n) is 3.37. The van der Waals surface area contributed by atoms with Gasteiger partial charge >= 0.3 is 6.01 Å². The van der Waals surface area contributed by atoms with E-state index in [0.717, 1.165) is 11.4 Å². The van der Waals surface area contributed by atoms with Crippen molar-refractivity contribution < 1.29 is 4.42 Å². The van der Waals surface area contributed by atoms with E-state index in [1.54, 1.807) is 11.3 Å². The first-order valence-corrected chi connectivity index (χ1v) is 6.72. The van der Waals surface area contributed by atoms with Gasteiger partial charge in [-0.1, -0.05) is 12.0 Å². The maximum Gasteiger partial charge on any atom is 0.315 e. The molecule has 2 rings (SSSR count). The number of alkyl halides is 1. The van der Waals surface area contributed by atoms with E-state index in [9.17, 15) is 0 Å². The first-order chi connectivity index (χ1) is 8.31. The van der Waals surface area contributed by atoms with Crippen LogP contribution in [0.25, 0.3) is 0 Å². The lowest BCUT2D eigenvalue weighted by Gasteiger charge is -1.96. The summed E-state index contributed by atoms with van der Waals surface area (Å²) in [4.78, 5) is 5.56. The number of thiazole rings is 1. The van der Waals surface area contributed by atoms with Gasteiger partial charge in [0.25, 0.3) is 0 Å². The second-order valence-corrected chi connectivity index (χ2v) is 4.95. The summed E-state index contributed by atoms with van der Waals surface area (Å²) < 4.78 is 5.34. The van der Waals surface area contributed by atoms with Crippen LogP contribution >= 0.6 is 22.9 Å². The van der Waals surface area contributed by atoms with Crippen LogP contribution in [0.2, 0.25) is 0 Å². The zero-order valence-corrected chi connectivity index (χ0v) is 11.0. The molecule has 17 heavy (non-hydrogen) atoms. The van der Waals surface area contributed by atoms with Gasteiger partial charge in [-0.3, -0.25) is 0 Å². The Morgan fingerprint density at radius 3 is 3.06 bits per heavy atom. The summed E-state index contributed by atoms with van der Waals surface area (Å²) in [7, 11) is 0. The largest absolute Gasteiger partial charge is 0.408 e. The zero-order valence-electron chi connectivity index (χ0n) is 9.44. The van der Waals surface area contributed by atoms with E-state index in [-0.39, 0.29) is 0 Å². The van der Waals surface area contributed by atoms with Crippen LogP contribution in [0.1, 0.15) is 22.7 Å². The third-order valence-corrected chi connectivity index (χ3v) is 3.45. The molecule has 0 aliphatic carbocycles. The van der Waals surface area contributed by atoms with Gasteiger partial charge in [-0.15, -0.1) is 28.0 Å². The van der Waals surface area contributed by atoms with Gasteiger partial charge in [0.2, 0.25) is 5.89 Å². The van der Waals surface area contributed by atoms with Crippen LogP contribution in [0.15, 0.2) is 10.6 Å². The predicted octanol–water partition coefficient (Wildman–Crippen LogP) is 2.48. The molecule has 0 spiro atoms. The molecule has 2 aromatic rings. The molecule has 0 bridgehead atoms. The maximum absolute atomic E-state index is 5.58. The number of nitrogens with one attached hydrogen (secondary N) is 1. The van der Waals surface area contributed by atoms with Crippen molar-refractivity contribution in [2.24, 2.45) is 0 Å². The van der Waals surface area contributed by atoms with Crippen molar-refractivity contribution in [3.05, 3.63) is 22.0 Å². The molecule has 2 aromatic heterocycles. The first kappa shape index (κ1) is 12.3. The van der Waals surface area contributed by atoms with Crippen LogP contribution in [0.5, 0.6) is 0 Å². The molecule has 0 saturated heterocycles. The van der Waals surface area contributed by atoms with Crippen LogP contribution in [0, 0.1) is 0 Å². The molecule has 0 aliphatic heterocycles. The van der Waals surface area contributed by atoms with Crippen LogP contribution in [0.4, 0.5) is 6.01 Å². The van der Waals surface area contributed by atoms with Crippen molar-refractivity contribution in [2.45, 2.75) is 26.3 Å². The molecule has 0 amide bonds. The highest BCUT2D eigenvalue weighted by atomic mass is 35.5. The Morgan fingerprint density at radius 1 is 1.47 bits per heavy atom. The van der Waals surface area contributed by atoms with E-state index in [0.29, 0.717) is 30.8 Å². The zero-order chi connectivity index (χ0) is 12.1. The number of halogens is 1. The van der Waals surface area contributed by atoms with Gasteiger partial charge in [0, 0.05) is 23.4 Å². The standard InChI is InChI=1S/C10H13ClN4OS/c1-2-7-5-12-9(17-7)6-13-10-15-14-8(16-10)3-4-11/h5H,2-4,6H2,1H3,(H,13,15). The van der Waals surface area contributed by atoms with E-state index in [1.807, 2.05) is 6.20 Å². The highest BCUT2D eigenvalue weighted by Crippen LogP contribution is 2.15. The quantitative estimate of drug-likeness (QED) is 0.819. The topological polar surface area (TPSA) is 63.8 Å². The lowest BCUT2D eigenvalue weighted by atomic mass is 10.4. The first-order valence-electron chi connectivity index (χ1n) is 5.37. The smallest absolute Gasteiger partial charge is 0.315 e. The summed E-state index contributed by atoms with van der Waals surface area (Å²) in [5, 5.41) is 11.8. The summed E-state index contributed by atoms with van der Waals surface area (Å²) >= 11 is 7.27. The summed E-state index contributed by atoms with van der Waals surface area (Å²) in [6.45, 7) is 2.72. The van der Waals surface area contributed by atoms with Gasteiger partial charge in [0.05, 0.1) is 6.54 Å². The Hall–Kier alpha value is -1.14. The van der Waals surface area contributed by atoms with Gasteiger partial charge < -0.3 is 9.73 Å². The van der Waals surface area contributed by atoms with Gasteiger partial charge in [0.1, 0.15) is 5.01 Å². The van der Waals surface area contributed by atoms with E-state index >= 15 is 0 Å². The predicted molar refractivity (Wildman–Crippen MR) is 67.5 cm³/mol. The molecule has 7 heteroatoms. The van der Waals surface area contributed by atoms with Crippen molar-refractivity contribution >= 4 is 29.0 Å². The summed E-state index contributed by atoms with van der Waals surface area (Å²) in [6.07, 6.45) is 3.50. The number of hydrogen-bond acceptors (Lipinski definition) is 6. The van der Waals surface area contributed by atoms with Crippen LogP contribution in [-0.2, 0) is 19.4 Å². The minimum atomic E-state index is 0.415. The number of nitrogens with zero attached hydrogens (tertiary/aromatic N) is 3. The van der Waals surface area contributed by atoms with Gasteiger partial charge in [-0.2, -0.15) is 0 Å². The fourth-order valence-corrected chi connectivity index (χ4v) is 2.22. The molecule has 0 fully saturated rings. The molecule has 0 aromatic carbocycles. The van der Waals surface area contributed by atoms with Gasteiger partial charge in [-0.25, -0.2) is 4.98 Å². The summed E-state index contributed by atoms with van der Waals surface area (Å²) in [6, 6.07) is 0.415. The van der Waals surface area contributed by atoms with Crippen LogP contribution in [0.3, 0.4) is 0 Å². The Kier molecular flexibility index (Phi) is 4.33. The molecule has 1 N–H and O–H groups in total. The Morgan fingerprint density at radius 2 is 2.35 bits per heavy atom. The Balaban J connectivity index is 1.88. The average molecular weight is 273 g/mol. The number of rotatable bonds is 6. The minimum absolute atomic E-state index is 0.415. The fraction of sp³-hybridized carbons (Fsp3) is 0.500.